The van der Waals surface area contributed by atoms with Crippen molar-refractivity contribution in [3.63, 3.8) is 0 Å². The van der Waals surface area contributed by atoms with Gasteiger partial charge in [0.1, 0.15) is 0 Å². The first-order valence-electron chi connectivity index (χ1n) is 10.7. The van der Waals surface area contributed by atoms with Gasteiger partial charge in [0.2, 0.25) is 0 Å². The summed E-state index contributed by atoms with van der Waals surface area (Å²) in [7, 11) is 0. The molecule has 144 valence electrons. The summed E-state index contributed by atoms with van der Waals surface area (Å²) in [4.78, 5) is 0. The first kappa shape index (κ1) is 19.9. The standard InChI is InChI=1S/C24H34ClF/c25-24-16-14-23(15-17-24)22-12-10-21(11-13-22)9-8-20-6-4-19(5-7-20)3-1-2-18-26/h1,3,14-17,19-22H,2,4-13,18H2/b3-1+. The second-order valence-corrected chi connectivity index (χ2v) is 8.97. The van der Waals surface area contributed by atoms with Gasteiger partial charge in [-0.05, 0) is 99.2 Å². The van der Waals surface area contributed by atoms with E-state index in [1.54, 1.807) is 0 Å². The monoisotopic (exact) mass is 376 g/mol. The summed E-state index contributed by atoms with van der Waals surface area (Å²) in [6, 6.07) is 8.50. The van der Waals surface area contributed by atoms with E-state index in [0.29, 0.717) is 12.3 Å². The highest BCUT2D eigenvalue weighted by Crippen LogP contribution is 2.40. The average Bonchev–Trinajstić information content (AvgIpc) is 2.69. The summed E-state index contributed by atoms with van der Waals surface area (Å²) in [6.07, 6.45) is 18.6. The predicted molar refractivity (Wildman–Crippen MR) is 111 cm³/mol. The topological polar surface area (TPSA) is 0 Å². The fraction of sp³-hybridized carbons (Fsp3) is 0.667. The molecule has 0 aliphatic heterocycles. The van der Waals surface area contributed by atoms with Crippen LogP contribution in [0.25, 0.3) is 0 Å². The lowest BCUT2D eigenvalue weighted by atomic mass is 9.74. The number of allylic oxidation sites excluding steroid dienone is 2. The van der Waals surface area contributed by atoms with Crippen LogP contribution in [0.15, 0.2) is 36.4 Å². The molecule has 1 aromatic rings. The first-order valence-corrected chi connectivity index (χ1v) is 11.1. The summed E-state index contributed by atoms with van der Waals surface area (Å²) < 4.78 is 12.2. The van der Waals surface area contributed by atoms with Crippen molar-refractivity contribution in [3.8, 4) is 0 Å². The fourth-order valence-electron chi connectivity index (χ4n) is 5.01. The molecule has 0 spiro atoms. The minimum atomic E-state index is -0.216. The van der Waals surface area contributed by atoms with Crippen LogP contribution in [0.5, 0.6) is 0 Å². The van der Waals surface area contributed by atoms with Gasteiger partial charge in [0, 0.05) is 5.02 Å². The SMILES string of the molecule is FCC/C=C/C1CCC(CCC2CCC(c3ccc(Cl)cc3)CC2)CC1. The lowest BCUT2D eigenvalue weighted by molar-refractivity contribution is 0.246. The predicted octanol–water partition coefficient (Wildman–Crippen LogP) is 8.12. The van der Waals surface area contributed by atoms with Gasteiger partial charge in [0.25, 0.3) is 0 Å². The van der Waals surface area contributed by atoms with Crippen molar-refractivity contribution < 1.29 is 4.39 Å². The molecule has 1 aromatic carbocycles. The molecule has 0 aromatic heterocycles. The fourth-order valence-corrected chi connectivity index (χ4v) is 5.14. The van der Waals surface area contributed by atoms with E-state index in [0.717, 1.165) is 22.8 Å². The maximum Gasteiger partial charge on any atom is 0.0928 e. The van der Waals surface area contributed by atoms with Crippen LogP contribution in [0.4, 0.5) is 4.39 Å². The van der Waals surface area contributed by atoms with Crippen LogP contribution >= 0.6 is 11.6 Å². The van der Waals surface area contributed by atoms with Gasteiger partial charge in [-0.25, -0.2) is 0 Å². The first-order chi connectivity index (χ1) is 12.7. The molecule has 2 fully saturated rings. The van der Waals surface area contributed by atoms with Gasteiger partial charge in [-0.3, -0.25) is 4.39 Å². The zero-order valence-corrected chi connectivity index (χ0v) is 16.8. The normalized spacial score (nSPS) is 29.9. The lowest BCUT2D eigenvalue weighted by Gasteiger charge is -2.31. The third-order valence-corrected chi connectivity index (χ3v) is 7.00. The molecule has 0 nitrogen and oxygen atoms in total. The largest absolute Gasteiger partial charge is 0.251 e. The summed E-state index contributed by atoms with van der Waals surface area (Å²) in [5, 5.41) is 0.843. The molecule has 0 bridgehead atoms. The van der Waals surface area contributed by atoms with Gasteiger partial charge in [0.15, 0.2) is 0 Å². The van der Waals surface area contributed by atoms with Crippen molar-refractivity contribution in [1.82, 2.24) is 0 Å². The van der Waals surface area contributed by atoms with E-state index in [1.807, 2.05) is 18.2 Å². The number of benzene rings is 1. The van der Waals surface area contributed by atoms with Crippen molar-refractivity contribution in [2.75, 3.05) is 6.67 Å². The van der Waals surface area contributed by atoms with E-state index in [9.17, 15) is 4.39 Å². The van der Waals surface area contributed by atoms with E-state index in [2.05, 4.69) is 18.2 Å². The van der Waals surface area contributed by atoms with Crippen LogP contribution in [0.1, 0.15) is 82.1 Å². The number of alkyl halides is 1. The molecule has 0 heterocycles. The average molecular weight is 377 g/mol. The van der Waals surface area contributed by atoms with Crippen molar-refractivity contribution >= 4 is 11.6 Å². The highest BCUT2D eigenvalue weighted by Gasteiger charge is 2.24. The number of rotatable bonds is 7. The van der Waals surface area contributed by atoms with Gasteiger partial charge < -0.3 is 0 Å². The molecule has 26 heavy (non-hydrogen) atoms. The van der Waals surface area contributed by atoms with Crippen molar-refractivity contribution in [1.29, 1.82) is 0 Å². The zero-order chi connectivity index (χ0) is 18.2. The van der Waals surface area contributed by atoms with E-state index >= 15 is 0 Å². The summed E-state index contributed by atoms with van der Waals surface area (Å²) >= 11 is 6.01. The minimum Gasteiger partial charge on any atom is -0.251 e. The molecule has 3 rings (SSSR count). The Kier molecular flexibility index (Phi) is 8.05. The Morgan fingerprint density at radius 2 is 1.42 bits per heavy atom. The van der Waals surface area contributed by atoms with Gasteiger partial charge >= 0.3 is 0 Å². The number of hydrogen-bond donors (Lipinski definition) is 0. The molecule has 0 unspecified atom stereocenters. The molecule has 0 saturated heterocycles. The Bertz CT molecular complexity index is 534. The highest BCUT2D eigenvalue weighted by molar-refractivity contribution is 6.30. The van der Waals surface area contributed by atoms with Crippen LogP contribution in [-0.4, -0.2) is 6.67 Å². The summed E-state index contributed by atoms with van der Waals surface area (Å²) in [5.74, 6) is 3.35. The molecule has 2 aliphatic carbocycles. The maximum atomic E-state index is 12.2. The molecule has 2 saturated carbocycles. The smallest absolute Gasteiger partial charge is 0.0928 e. The van der Waals surface area contributed by atoms with Crippen molar-refractivity contribution in [2.45, 2.75) is 76.5 Å². The van der Waals surface area contributed by atoms with Gasteiger partial charge in [-0.2, -0.15) is 0 Å². The van der Waals surface area contributed by atoms with Crippen LogP contribution in [0.3, 0.4) is 0 Å². The quantitative estimate of drug-likeness (QED) is 0.421. The molecular weight excluding hydrogens is 343 g/mol. The lowest BCUT2D eigenvalue weighted by Crippen LogP contribution is -2.17. The molecule has 0 radical (unpaired) electrons. The summed E-state index contributed by atoms with van der Waals surface area (Å²) in [5.41, 5.74) is 1.48. The molecule has 2 heteroatoms. The Balaban J connectivity index is 1.32. The molecule has 0 atom stereocenters. The van der Waals surface area contributed by atoms with Gasteiger partial charge in [-0.15, -0.1) is 0 Å². The van der Waals surface area contributed by atoms with Crippen LogP contribution in [-0.2, 0) is 0 Å². The van der Waals surface area contributed by atoms with Gasteiger partial charge in [-0.1, -0.05) is 48.7 Å². The van der Waals surface area contributed by atoms with Gasteiger partial charge in [0.05, 0.1) is 6.67 Å². The van der Waals surface area contributed by atoms with Crippen molar-refractivity contribution in [3.05, 3.63) is 47.0 Å². The van der Waals surface area contributed by atoms with E-state index in [-0.39, 0.29) is 6.67 Å². The number of hydrogen-bond acceptors (Lipinski definition) is 0. The van der Waals surface area contributed by atoms with Crippen LogP contribution in [0.2, 0.25) is 5.02 Å². The molecule has 0 amide bonds. The second kappa shape index (κ2) is 10.5. The number of halogens is 2. The maximum absolute atomic E-state index is 12.2. The Morgan fingerprint density at radius 3 is 2.00 bits per heavy atom. The third kappa shape index (κ3) is 6.12. The minimum absolute atomic E-state index is 0.216. The third-order valence-electron chi connectivity index (χ3n) is 6.75. The molecule has 0 N–H and O–H groups in total. The molecule has 2 aliphatic rings. The Hall–Kier alpha value is -0.820. The highest BCUT2D eigenvalue weighted by atomic mass is 35.5. The van der Waals surface area contributed by atoms with E-state index in [1.165, 1.54) is 69.8 Å². The van der Waals surface area contributed by atoms with Crippen LogP contribution in [0, 0.1) is 17.8 Å². The Labute approximate surface area is 164 Å². The van der Waals surface area contributed by atoms with E-state index < -0.39 is 0 Å². The second-order valence-electron chi connectivity index (χ2n) is 8.53. The Morgan fingerprint density at radius 1 is 0.846 bits per heavy atom. The summed E-state index contributed by atoms with van der Waals surface area (Å²) in [6.45, 7) is -0.216. The zero-order valence-electron chi connectivity index (χ0n) is 16.0. The molecular formula is C24H34ClF. The van der Waals surface area contributed by atoms with Crippen LogP contribution < -0.4 is 0 Å². The van der Waals surface area contributed by atoms with E-state index in [4.69, 9.17) is 11.6 Å². The van der Waals surface area contributed by atoms with Crippen molar-refractivity contribution in [2.24, 2.45) is 17.8 Å².